The molecule has 2 aliphatic heterocycles. The van der Waals surface area contributed by atoms with E-state index in [0.717, 1.165) is 63.0 Å². The van der Waals surface area contributed by atoms with Crippen molar-refractivity contribution in [3.63, 3.8) is 0 Å². The Kier molecular flexibility index (Phi) is 14.1. The monoisotopic (exact) mass is 712 g/mol. The number of hydrogen-bond donors (Lipinski definition) is 6. The van der Waals surface area contributed by atoms with Crippen molar-refractivity contribution in [2.75, 3.05) is 13.1 Å². The van der Waals surface area contributed by atoms with E-state index < -0.39 is 45.8 Å². The van der Waals surface area contributed by atoms with Gasteiger partial charge in [-0.15, -0.1) is 0 Å². The molecule has 6 rings (SSSR count). The van der Waals surface area contributed by atoms with E-state index in [9.17, 15) is 49.8 Å². The van der Waals surface area contributed by atoms with Crippen molar-refractivity contribution in [1.29, 1.82) is 0 Å². The van der Waals surface area contributed by atoms with E-state index in [2.05, 4.69) is 34.9 Å². The number of rotatable bonds is 9. The molecule has 0 amide bonds. The van der Waals surface area contributed by atoms with Gasteiger partial charge in [0.25, 0.3) is 0 Å². The first kappa shape index (κ1) is 39.7. The Morgan fingerprint density at radius 2 is 0.808 bits per heavy atom. The Balaban J connectivity index is 0.000000193. The molecule has 4 aromatic rings. The van der Waals surface area contributed by atoms with Crippen LogP contribution in [0.2, 0.25) is 0 Å². The van der Waals surface area contributed by atoms with Gasteiger partial charge in [-0.3, -0.25) is 9.59 Å². The standard InChI is InChI=1S/C18H14O8.2C11H15NO/c19-13(11-7-3-1-4-8-11)17(25,15(21)22)18(26,16(23)24)14(20)12-9-5-2-6-10-12;2*13-10-7-4-8-12-11(10)9-5-2-1-3-6-9/h1-10,25-26H,(H,21,22)(H,23,24);2*1-3,5-6,10-13H,4,7-8H2/t;2*10-,11-/m.00/s1. The van der Waals surface area contributed by atoms with Crippen LogP contribution in [-0.2, 0) is 9.59 Å². The van der Waals surface area contributed by atoms with Crippen LogP contribution in [0.5, 0.6) is 0 Å². The van der Waals surface area contributed by atoms with Crippen LogP contribution in [-0.4, -0.2) is 80.4 Å². The van der Waals surface area contributed by atoms with E-state index in [0.29, 0.717) is 0 Å². The molecule has 0 radical (unpaired) electrons. The van der Waals surface area contributed by atoms with Gasteiger partial charge in [-0.05, 0) is 25.7 Å². The first-order chi connectivity index (χ1) is 24.9. The summed E-state index contributed by atoms with van der Waals surface area (Å²) >= 11 is 0. The van der Waals surface area contributed by atoms with Gasteiger partial charge in [0.2, 0.25) is 22.8 Å². The zero-order valence-electron chi connectivity index (χ0n) is 28.5. The number of nitrogens with two attached hydrogens (primary N) is 2. The molecule has 4 aromatic carbocycles. The van der Waals surface area contributed by atoms with Crippen LogP contribution in [0, 0.1) is 0 Å². The molecule has 12 nitrogen and oxygen atoms in total. The van der Waals surface area contributed by atoms with Crippen LogP contribution < -0.4 is 20.8 Å². The Morgan fingerprint density at radius 1 is 0.519 bits per heavy atom. The first-order valence-electron chi connectivity index (χ1n) is 17.1. The van der Waals surface area contributed by atoms with Gasteiger partial charge < -0.3 is 50.9 Å². The van der Waals surface area contributed by atoms with Gasteiger partial charge in [0.15, 0.2) is 0 Å². The second kappa shape index (κ2) is 18.4. The Labute approximate surface area is 301 Å². The zero-order valence-corrected chi connectivity index (χ0v) is 28.5. The van der Waals surface area contributed by atoms with Crippen molar-refractivity contribution >= 4 is 23.5 Å². The number of ketones is 2. The third-order valence-electron chi connectivity index (χ3n) is 9.29. The van der Waals surface area contributed by atoms with Crippen molar-refractivity contribution in [3.05, 3.63) is 144 Å². The summed E-state index contributed by atoms with van der Waals surface area (Å²) in [5, 5.41) is 68.0. The summed E-state index contributed by atoms with van der Waals surface area (Å²) in [6.07, 6.45) is 3.80. The molecule has 2 heterocycles. The molecule has 0 bridgehead atoms. The number of benzene rings is 4. The van der Waals surface area contributed by atoms with Crippen molar-refractivity contribution in [2.45, 2.75) is 61.2 Å². The van der Waals surface area contributed by atoms with Crippen molar-refractivity contribution in [1.82, 2.24) is 0 Å². The van der Waals surface area contributed by atoms with Gasteiger partial charge in [-0.25, -0.2) is 0 Å². The minimum absolute atomic E-state index is 0.170. The number of aliphatic hydroxyl groups excluding tert-OH is 2. The maximum atomic E-state index is 12.5. The van der Waals surface area contributed by atoms with E-state index in [1.807, 2.05) is 36.4 Å². The number of aliphatic hydroxyl groups is 4. The zero-order chi connectivity index (χ0) is 37.7. The maximum Gasteiger partial charge on any atom is 0.209 e. The highest BCUT2D eigenvalue weighted by molar-refractivity contribution is 6.27. The molecule has 8 N–H and O–H groups in total. The molecule has 274 valence electrons. The minimum Gasteiger partial charge on any atom is -0.546 e. The Hall–Kier alpha value is -5.08. The fraction of sp³-hybridized carbons (Fsp3) is 0.300. The molecule has 12 heteroatoms. The number of quaternary nitrogens is 2. The molecule has 2 aliphatic rings. The molecule has 0 aliphatic carbocycles. The minimum atomic E-state index is -4.12. The lowest BCUT2D eigenvalue weighted by atomic mass is 9.73. The number of hydrogen-bond acceptors (Lipinski definition) is 10. The van der Waals surface area contributed by atoms with Crippen LogP contribution in [0.15, 0.2) is 121 Å². The van der Waals surface area contributed by atoms with E-state index in [4.69, 9.17) is 0 Å². The fourth-order valence-corrected chi connectivity index (χ4v) is 6.40. The number of piperidine rings is 2. The SMILES string of the molecule is O=C([O-])C(O)(C(=O)c1ccccc1)C(O)(C(=O)[O-])C(=O)c1ccccc1.O[C@H]1CCC[NH2+][C@H]1c1ccccc1.O[C@H]1CCC[NH2+][C@H]1c1ccccc1. The molecule has 2 fully saturated rings. The van der Waals surface area contributed by atoms with Crippen molar-refractivity contribution in [2.24, 2.45) is 0 Å². The lowest BCUT2D eigenvalue weighted by molar-refractivity contribution is -0.712. The third-order valence-corrected chi connectivity index (χ3v) is 9.29. The quantitative estimate of drug-likeness (QED) is 0.0879. The second-order valence-corrected chi connectivity index (χ2v) is 12.7. The smallest absolute Gasteiger partial charge is 0.209 e. The van der Waals surface area contributed by atoms with Gasteiger partial charge in [-0.1, -0.05) is 121 Å². The summed E-state index contributed by atoms with van der Waals surface area (Å²) in [4.78, 5) is 48.1. The number of carboxylic acid groups (broad SMARTS) is 2. The highest BCUT2D eigenvalue weighted by atomic mass is 16.5. The molecule has 52 heavy (non-hydrogen) atoms. The van der Waals surface area contributed by atoms with Gasteiger partial charge >= 0.3 is 0 Å². The predicted molar refractivity (Wildman–Crippen MR) is 184 cm³/mol. The summed E-state index contributed by atoms with van der Waals surface area (Å²) < 4.78 is 0. The third kappa shape index (κ3) is 9.04. The van der Waals surface area contributed by atoms with E-state index in [1.54, 1.807) is 0 Å². The summed E-state index contributed by atoms with van der Waals surface area (Å²) in [7, 11) is 0. The van der Waals surface area contributed by atoms with E-state index >= 15 is 0 Å². The predicted octanol–water partition coefficient (Wildman–Crippen LogP) is -1.39. The number of Topliss-reactive ketones (excluding diaryl/α,β-unsaturated/α-hetero) is 2. The average Bonchev–Trinajstić information content (AvgIpc) is 3.18. The summed E-state index contributed by atoms with van der Waals surface area (Å²) in [5.74, 6) is -8.81. The molecule has 0 spiro atoms. The van der Waals surface area contributed by atoms with Crippen LogP contribution >= 0.6 is 0 Å². The molecule has 2 saturated heterocycles. The summed E-state index contributed by atoms with van der Waals surface area (Å²) in [5.41, 5.74) is -6.68. The molecular weight excluding hydrogens is 668 g/mol. The van der Waals surface area contributed by atoms with Crippen molar-refractivity contribution in [3.8, 4) is 0 Å². The Morgan fingerprint density at radius 3 is 1.08 bits per heavy atom. The largest absolute Gasteiger partial charge is 0.546 e. The van der Waals surface area contributed by atoms with Crippen LogP contribution in [0.4, 0.5) is 0 Å². The molecule has 6 atom stereocenters. The van der Waals surface area contributed by atoms with Gasteiger partial charge in [0.1, 0.15) is 24.3 Å². The molecule has 0 aromatic heterocycles. The van der Waals surface area contributed by atoms with Crippen LogP contribution in [0.3, 0.4) is 0 Å². The van der Waals surface area contributed by atoms with Crippen LogP contribution in [0.1, 0.15) is 69.6 Å². The van der Waals surface area contributed by atoms with Gasteiger partial charge in [-0.2, -0.15) is 0 Å². The van der Waals surface area contributed by atoms with E-state index in [1.165, 1.54) is 47.5 Å². The van der Waals surface area contributed by atoms with Gasteiger partial charge in [0, 0.05) is 22.3 Å². The number of carbonyl (C=O) groups is 4. The number of aliphatic carboxylic acids is 2. The number of carbonyl (C=O) groups excluding carboxylic acids is 4. The number of carboxylic acids is 2. The van der Waals surface area contributed by atoms with Crippen LogP contribution in [0.25, 0.3) is 0 Å². The van der Waals surface area contributed by atoms with Crippen molar-refractivity contribution < 1.29 is 60.5 Å². The lowest BCUT2D eigenvalue weighted by Gasteiger charge is -2.42. The maximum absolute atomic E-state index is 12.5. The van der Waals surface area contributed by atoms with E-state index in [-0.39, 0.29) is 24.3 Å². The van der Waals surface area contributed by atoms with Gasteiger partial charge in [0.05, 0.1) is 25.0 Å². The fourth-order valence-electron chi connectivity index (χ4n) is 6.40. The highest BCUT2D eigenvalue weighted by Crippen LogP contribution is 2.30. The molecule has 0 saturated carbocycles. The first-order valence-corrected chi connectivity index (χ1v) is 17.1. The average molecular weight is 713 g/mol. The molecule has 2 unspecified atom stereocenters. The topological polar surface area (TPSA) is 229 Å². The lowest BCUT2D eigenvalue weighted by Crippen LogP contribution is -2.89. The summed E-state index contributed by atoms with van der Waals surface area (Å²) in [6.45, 7) is 2.27. The molecular formula is C40H44N2O10. The summed E-state index contributed by atoms with van der Waals surface area (Å²) in [6, 6.07) is 33.5. The normalized spacial score (nSPS) is 22.0. The Bertz CT molecular complexity index is 1630. The second-order valence-electron chi connectivity index (χ2n) is 12.7. The highest BCUT2D eigenvalue weighted by Gasteiger charge is 2.62.